The van der Waals surface area contributed by atoms with E-state index in [1.54, 1.807) is 0 Å². The largest absolute Gasteiger partial charge is 0.489 e. The third kappa shape index (κ3) is 13.6. The van der Waals surface area contributed by atoms with Gasteiger partial charge in [0.2, 0.25) is 0 Å². The monoisotopic (exact) mass is 1600 g/mol. The molecule has 4 bridgehead atoms. The van der Waals surface area contributed by atoms with E-state index < -0.39 is 80.4 Å². The van der Waals surface area contributed by atoms with E-state index >= 15 is 8.78 Å². The number of nitrogens with two attached hydrogens (primary N) is 2. The normalized spacial score (nSPS) is 26.6. The minimum atomic E-state index is -4.92. The van der Waals surface area contributed by atoms with Crippen molar-refractivity contribution in [2.75, 3.05) is 124 Å². The zero-order valence-electron chi connectivity index (χ0n) is 56.4. The van der Waals surface area contributed by atoms with E-state index in [4.69, 9.17) is 63.6 Å². The summed E-state index contributed by atoms with van der Waals surface area (Å²) in [5, 5.41) is 3.08. The highest BCUT2D eigenvalue weighted by molar-refractivity contribution is 14.1. The molecule has 0 spiro atoms. The van der Waals surface area contributed by atoms with Crippen LogP contribution in [-0.2, 0) is 12.4 Å². The van der Waals surface area contributed by atoms with Crippen molar-refractivity contribution < 1.29 is 71.6 Å². The van der Waals surface area contributed by atoms with Crippen LogP contribution in [0.2, 0.25) is 10.0 Å². The molecule has 4 aromatic heterocycles. The lowest BCUT2D eigenvalue weighted by Gasteiger charge is -2.36. The Labute approximate surface area is 609 Å². The van der Waals surface area contributed by atoms with Gasteiger partial charge in [0.15, 0.2) is 23.1 Å². The number of pyridine rings is 2. The van der Waals surface area contributed by atoms with Gasteiger partial charge in [-0.25, -0.2) is 27.5 Å². The maximum Gasteiger partial charge on any atom is 0.418 e. The summed E-state index contributed by atoms with van der Waals surface area (Å²) in [6.07, 6.45) is 0.495. The molecule has 5 N–H and O–H groups in total. The van der Waals surface area contributed by atoms with Crippen molar-refractivity contribution in [3.63, 3.8) is 0 Å². The number of hydrogen-bond donors (Lipinski definition) is 3. The molecule has 556 valence electrons. The molecular weight excluding hydrogens is 1530 g/mol. The van der Waals surface area contributed by atoms with Gasteiger partial charge in [-0.1, -0.05) is 45.8 Å². The lowest BCUT2D eigenvalue weighted by atomic mass is 9.90. The molecule has 12 aliphatic rings. The second kappa shape index (κ2) is 29.1. The average molecular weight is 1600 g/mol. The van der Waals surface area contributed by atoms with Crippen molar-refractivity contribution in [3.05, 3.63) is 79.9 Å². The number of aromatic nitrogens is 6. The summed E-state index contributed by atoms with van der Waals surface area (Å²) in [4.78, 5) is 37.4. The van der Waals surface area contributed by atoms with Gasteiger partial charge in [0.1, 0.15) is 60.7 Å². The highest BCUT2D eigenvalue weighted by atomic mass is 127. The smallest absolute Gasteiger partial charge is 0.418 e. The van der Waals surface area contributed by atoms with E-state index in [9.17, 15) is 43.9 Å². The predicted molar refractivity (Wildman–Crippen MR) is 375 cm³/mol. The van der Waals surface area contributed by atoms with Gasteiger partial charge in [0, 0.05) is 62.3 Å². The van der Waals surface area contributed by atoms with Crippen LogP contribution in [0.5, 0.6) is 23.5 Å². The average Bonchev–Trinajstić information content (AvgIpc) is 1.23. The highest BCUT2D eigenvalue weighted by Crippen LogP contribution is 2.55. The highest BCUT2D eigenvalue weighted by Gasteiger charge is 2.52. The van der Waals surface area contributed by atoms with Crippen molar-refractivity contribution in [1.82, 2.24) is 49.9 Å². The molecule has 0 radical (unpaired) electrons. The number of piperidine rings is 2. The zero-order chi connectivity index (χ0) is 72.8. The molecule has 18 rings (SSSR count). The lowest BCUT2D eigenvalue weighted by molar-refractivity contribution is -0.138. The molecule has 16 heterocycles. The molecule has 33 heteroatoms. The van der Waals surface area contributed by atoms with E-state index in [0.29, 0.717) is 100 Å². The van der Waals surface area contributed by atoms with Crippen LogP contribution in [0.1, 0.15) is 99.3 Å². The third-order valence-electron chi connectivity index (χ3n) is 22.3. The molecule has 18 nitrogen and oxygen atoms in total. The van der Waals surface area contributed by atoms with Crippen LogP contribution in [0.15, 0.2) is 35.9 Å². The summed E-state index contributed by atoms with van der Waals surface area (Å²) in [6.45, 7) is 7.93. The van der Waals surface area contributed by atoms with Crippen molar-refractivity contribution in [1.29, 1.82) is 0 Å². The third-order valence-corrected chi connectivity index (χ3v) is 23.8. The van der Waals surface area contributed by atoms with Crippen LogP contribution < -0.4 is 45.5 Å². The number of anilines is 4. The van der Waals surface area contributed by atoms with E-state index in [-0.39, 0.29) is 142 Å². The molecule has 0 amide bonds. The Morgan fingerprint density at radius 3 is 1.59 bits per heavy atom. The van der Waals surface area contributed by atoms with Gasteiger partial charge in [-0.2, -0.15) is 46.3 Å². The van der Waals surface area contributed by atoms with Crippen molar-refractivity contribution in [3.8, 4) is 46.0 Å². The number of aryl methyl sites for hydroxylation is 2. The number of hydrogen-bond acceptors (Lipinski definition) is 18. The standard InChI is InChI=1S/C35H38ClF6N7O2.C32H33ClF5N7O2.C3H6FI/c1-18-10-23(43)44-29(26(18)35(40,41)42)24-27(36)31-25-30(28(24)39)45-33(51-17-34-6-2-9-48(34)13-19(11-34)12-38)46-32(25)49-15-21-5-4-20(22(49)16-50-31)14-47(21)8-3-7-37;1-15-7-20(39)41-26(23(15)32(36,37)38)21-24(33)28-22-27(25(21)35)42-30(47-14-31-5-2-6-44(31)11-16(8-31)9-34)43-29(22)45-12-18-4-3-17(10-40-18)19(45)13-46-28;4-2-1-3-5/h10,12,20-22H,2-9,11,13-17H2,1H3,(H2,43,44);7,9,17-19,40H,2-6,8,10-14H2,1H3,(H2,39,41);1-3H2/b19-12-;16-9-;/t20-,21-,22-,34+;17-,18-,19-,31+;/m11./s1. The number of alkyl halides is 9. The molecule has 8 atom stereocenters. The fourth-order valence-electron chi connectivity index (χ4n) is 17.7. The Bertz CT molecular complexity index is 4330. The molecule has 12 aliphatic heterocycles. The Morgan fingerprint density at radius 2 is 1.15 bits per heavy atom. The first-order chi connectivity index (χ1) is 49.3. The maximum absolute atomic E-state index is 17.2. The van der Waals surface area contributed by atoms with Gasteiger partial charge in [-0.05, 0) is 150 Å². The first kappa shape index (κ1) is 73.5. The fourth-order valence-corrected chi connectivity index (χ4v) is 18.6. The topological polar surface area (TPSA) is 195 Å². The zero-order valence-corrected chi connectivity index (χ0v) is 60.1. The molecule has 6 aromatic rings. The van der Waals surface area contributed by atoms with E-state index in [1.807, 2.05) is 0 Å². The van der Waals surface area contributed by atoms with Gasteiger partial charge in [0.05, 0.1) is 104 Å². The number of nitrogens with zero attached hydrogens (tertiary/aromatic N) is 11. The van der Waals surface area contributed by atoms with Crippen molar-refractivity contribution >= 4 is 90.9 Å². The fraction of sp³-hybridized carbons (Fsp3) is 0.571. The van der Waals surface area contributed by atoms with Crippen molar-refractivity contribution in [2.24, 2.45) is 11.8 Å². The maximum atomic E-state index is 17.2. The van der Waals surface area contributed by atoms with Crippen LogP contribution in [0.4, 0.5) is 76.0 Å². The van der Waals surface area contributed by atoms with Gasteiger partial charge in [-0.3, -0.25) is 23.5 Å². The molecule has 0 aliphatic carbocycles. The number of halogens is 15. The van der Waals surface area contributed by atoms with Crippen LogP contribution in [0.3, 0.4) is 0 Å². The molecule has 10 fully saturated rings. The van der Waals surface area contributed by atoms with Crippen LogP contribution in [0, 0.1) is 37.3 Å². The Morgan fingerprint density at radius 1 is 0.660 bits per heavy atom. The molecule has 10 saturated heterocycles. The Balaban J connectivity index is 0.000000164. The summed E-state index contributed by atoms with van der Waals surface area (Å²) in [5.74, 6) is -1.91. The summed E-state index contributed by atoms with van der Waals surface area (Å²) >= 11 is 15.9. The molecule has 103 heavy (non-hydrogen) atoms. The first-order valence-electron chi connectivity index (χ1n) is 34.7. The molecular formula is C70H77Cl2F12IN14O4. The molecule has 2 aromatic carbocycles. The van der Waals surface area contributed by atoms with Crippen molar-refractivity contribution in [2.45, 2.75) is 138 Å². The van der Waals surface area contributed by atoms with Crippen LogP contribution in [0.25, 0.3) is 44.3 Å². The van der Waals surface area contributed by atoms with Crippen LogP contribution in [-0.4, -0.2) is 183 Å². The number of nitrogens with one attached hydrogen (secondary N) is 1. The number of fused-ring (bicyclic) bond motifs is 6. The second-order valence-electron chi connectivity index (χ2n) is 28.7. The van der Waals surface area contributed by atoms with E-state index in [0.717, 1.165) is 87.6 Å². The van der Waals surface area contributed by atoms with E-state index in [1.165, 1.54) is 13.8 Å². The van der Waals surface area contributed by atoms with Gasteiger partial charge in [0.25, 0.3) is 0 Å². The van der Waals surface area contributed by atoms with Gasteiger partial charge < -0.3 is 45.5 Å². The Hall–Kier alpha value is -6.39. The number of rotatable bonds is 13. The minimum Gasteiger partial charge on any atom is -0.489 e. The number of benzene rings is 2. The minimum absolute atomic E-state index is 0.0133. The van der Waals surface area contributed by atoms with Gasteiger partial charge in [-0.15, -0.1) is 0 Å². The molecule has 0 unspecified atom stereocenters. The van der Waals surface area contributed by atoms with E-state index in [2.05, 4.69) is 72.3 Å². The number of ether oxygens (including phenoxy) is 4. The van der Waals surface area contributed by atoms with Crippen LogP contribution >= 0.6 is 45.8 Å². The lowest BCUT2D eigenvalue weighted by Crippen LogP contribution is -2.45. The quantitative estimate of drug-likeness (QED) is 0.0561. The number of nitrogen functional groups attached to an aromatic ring is 2. The summed E-state index contributed by atoms with van der Waals surface area (Å²) < 4.78 is 199. The molecule has 0 saturated carbocycles. The SMILES string of the molecule is Cc1cc(N)nc(-c2c(Cl)c3c4c(nc(OC[C@@]56CCCN5C/C(=C\F)C6)nc4c2F)N2C[C@H]4CC[C@H](CN4)[C@H]2CO3)c1C(F)(F)F.Cc1cc(N)nc(-c2c(Cl)c3c4c(nc(OC[C@@]56CCCN5C/C(=C\F)C6)nc4c2F)N2C[C@H]4CC[C@H](CN4CCCF)[C@H]2CO3)c1C(F)(F)F.FCCCI. The summed E-state index contributed by atoms with van der Waals surface area (Å²) in [7, 11) is 0. The first-order valence-corrected chi connectivity index (χ1v) is 37.0. The summed E-state index contributed by atoms with van der Waals surface area (Å²) in [5.41, 5.74) is 5.99. The Kier molecular flexibility index (Phi) is 20.7. The summed E-state index contributed by atoms with van der Waals surface area (Å²) in [6, 6.07) is 1.61. The predicted octanol–water partition coefficient (Wildman–Crippen LogP) is 14.5. The van der Waals surface area contributed by atoms with Gasteiger partial charge >= 0.3 is 24.4 Å². The second-order valence-corrected chi connectivity index (χ2v) is 30.5.